The quantitative estimate of drug-likeness (QED) is 0.210. The highest BCUT2D eigenvalue weighted by atomic mass is 35.5. The van der Waals surface area contributed by atoms with Gasteiger partial charge < -0.3 is 0 Å². The highest BCUT2D eigenvalue weighted by Gasteiger charge is 2.44. The van der Waals surface area contributed by atoms with E-state index in [1.165, 1.54) is 16.4 Å². The van der Waals surface area contributed by atoms with E-state index in [4.69, 9.17) is 23.2 Å². The van der Waals surface area contributed by atoms with Gasteiger partial charge in [0.05, 0.1) is 6.04 Å². The van der Waals surface area contributed by atoms with Gasteiger partial charge in [0.15, 0.2) is 0 Å². The van der Waals surface area contributed by atoms with Crippen molar-refractivity contribution >= 4 is 33.2 Å². The summed E-state index contributed by atoms with van der Waals surface area (Å²) in [5, 5.41) is 0.549. The van der Waals surface area contributed by atoms with Crippen LogP contribution in [-0.4, -0.2) is 36.0 Å². The Hall–Kier alpha value is -2.81. The second kappa shape index (κ2) is 11.7. The fourth-order valence-electron chi connectivity index (χ4n) is 4.91. The Balaban J connectivity index is 1.41. The van der Waals surface area contributed by atoms with Gasteiger partial charge in [-0.2, -0.15) is 4.31 Å². The van der Waals surface area contributed by atoms with Crippen molar-refractivity contribution in [2.24, 2.45) is 0 Å². The number of rotatable bonds is 9. The maximum Gasteiger partial charge on any atom is 0.220 e. The Kier molecular flexibility index (Phi) is 8.35. The molecule has 5 rings (SSSR count). The maximum atomic E-state index is 13.9. The van der Waals surface area contributed by atoms with E-state index >= 15 is 0 Å². The first-order valence-corrected chi connectivity index (χ1v) is 14.7. The number of nitrogens with zero attached hydrogens (tertiary/aromatic N) is 2. The lowest BCUT2D eigenvalue weighted by molar-refractivity contribution is 0.139. The van der Waals surface area contributed by atoms with Crippen molar-refractivity contribution in [2.75, 3.05) is 13.1 Å². The summed E-state index contributed by atoms with van der Waals surface area (Å²) in [6.07, 6.45) is 0. The monoisotopic (exact) mass is 586 g/mol. The third-order valence-electron chi connectivity index (χ3n) is 6.88. The van der Waals surface area contributed by atoms with Gasteiger partial charge in [0.1, 0.15) is 16.9 Å². The standard InChI is InChI=1S/C30H26Cl2F2N2O2S/c31-25-10-6-23(7-11-25)30(24-8-12-26(32)13-9-24)35-19-29(20-35)39(37,38)36(17-21-4-2-1-3-5-21)18-22-14-27(33)16-28(34)15-22/h1-16,29-30H,17-20H2. The molecule has 1 fully saturated rings. The van der Waals surface area contributed by atoms with Crippen molar-refractivity contribution < 1.29 is 17.2 Å². The molecule has 0 unspecified atom stereocenters. The lowest BCUT2D eigenvalue weighted by Gasteiger charge is -2.45. The van der Waals surface area contributed by atoms with Gasteiger partial charge in [-0.05, 0) is 58.7 Å². The summed E-state index contributed by atoms with van der Waals surface area (Å²) in [6, 6.07) is 27.1. The zero-order valence-electron chi connectivity index (χ0n) is 20.9. The van der Waals surface area contributed by atoms with Gasteiger partial charge in [-0.25, -0.2) is 17.2 Å². The Morgan fingerprint density at radius 3 is 1.74 bits per heavy atom. The summed E-state index contributed by atoms with van der Waals surface area (Å²) in [7, 11) is -3.83. The summed E-state index contributed by atoms with van der Waals surface area (Å²) >= 11 is 12.2. The molecule has 0 bridgehead atoms. The fraction of sp³-hybridized carbons (Fsp3) is 0.200. The molecule has 0 aromatic heterocycles. The lowest BCUT2D eigenvalue weighted by atomic mass is 9.94. The molecule has 0 spiro atoms. The van der Waals surface area contributed by atoms with Gasteiger partial charge in [0.25, 0.3) is 0 Å². The third kappa shape index (κ3) is 6.51. The summed E-state index contributed by atoms with van der Waals surface area (Å²) in [5.41, 5.74) is 3.00. The van der Waals surface area contributed by atoms with Crippen LogP contribution in [0.1, 0.15) is 28.3 Å². The molecule has 1 saturated heterocycles. The molecule has 1 aliphatic heterocycles. The van der Waals surface area contributed by atoms with Gasteiger partial charge in [-0.15, -0.1) is 0 Å². The molecule has 4 nitrogen and oxygen atoms in total. The van der Waals surface area contributed by atoms with E-state index < -0.39 is 26.9 Å². The summed E-state index contributed by atoms with van der Waals surface area (Å²) in [6.45, 7) is 0.540. The lowest BCUT2D eigenvalue weighted by Crippen LogP contribution is -2.58. The van der Waals surface area contributed by atoms with Crippen LogP contribution in [0.15, 0.2) is 97.1 Å². The first-order valence-electron chi connectivity index (χ1n) is 12.4. The van der Waals surface area contributed by atoms with E-state index in [1.807, 2.05) is 78.9 Å². The van der Waals surface area contributed by atoms with Gasteiger partial charge in [0.2, 0.25) is 10.0 Å². The van der Waals surface area contributed by atoms with Crippen LogP contribution in [0.5, 0.6) is 0 Å². The Morgan fingerprint density at radius 2 is 1.23 bits per heavy atom. The summed E-state index contributed by atoms with van der Waals surface area (Å²) < 4.78 is 57.0. The molecular formula is C30H26Cl2F2N2O2S. The predicted molar refractivity (Wildman–Crippen MR) is 151 cm³/mol. The zero-order valence-corrected chi connectivity index (χ0v) is 23.2. The van der Waals surface area contributed by atoms with Crippen molar-refractivity contribution in [2.45, 2.75) is 24.4 Å². The number of hydrogen-bond donors (Lipinski definition) is 0. The van der Waals surface area contributed by atoms with Gasteiger partial charge in [-0.3, -0.25) is 4.90 Å². The van der Waals surface area contributed by atoms with E-state index in [0.717, 1.165) is 22.8 Å². The molecule has 0 aliphatic carbocycles. The van der Waals surface area contributed by atoms with E-state index in [9.17, 15) is 17.2 Å². The molecule has 0 N–H and O–H groups in total. The van der Waals surface area contributed by atoms with Crippen LogP contribution in [0, 0.1) is 11.6 Å². The second-order valence-corrected chi connectivity index (χ2v) is 12.7. The smallest absolute Gasteiger partial charge is 0.220 e. The third-order valence-corrected chi connectivity index (χ3v) is 9.50. The molecule has 4 aromatic carbocycles. The molecule has 0 saturated carbocycles. The maximum absolute atomic E-state index is 13.9. The highest BCUT2D eigenvalue weighted by molar-refractivity contribution is 7.89. The van der Waals surface area contributed by atoms with E-state index in [2.05, 4.69) is 4.90 Å². The van der Waals surface area contributed by atoms with Gasteiger partial charge in [0, 0.05) is 42.3 Å². The van der Waals surface area contributed by atoms with E-state index in [-0.39, 0.29) is 24.7 Å². The number of likely N-dealkylation sites (tertiary alicyclic amines) is 1. The van der Waals surface area contributed by atoms with Crippen molar-refractivity contribution in [1.82, 2.24) is 9.21 Å². The first kappa shape index (κ1) is 27.7. The molecule has 0 radical (unpaired) electrons. The van der Waals surface area contributed by atoms with Crippen molar-refractivity contribution in [1.29, 1.82) is 0 Å². The summed E-state index contributed by atoms with van der Waals surface area (Å²) in [4.78, 5) is 2.09. The molecule has 9 heteroatoms. The van der Waals surface area contributed by atoms with Crippen LogP contribution >= 0.6 is 23.2 Å². The number of halogens is 4. The average molecular weight is 588 g/mol. The second-order valence-electron chi connectivity index (χ2n) is 9.66. The van der Waals surface area contributed by atoms with Gasteiger partial charge in [-0.1, -0.05) is 77.8 Å². The zero-order chi connectivity index (χ0) is 27.6. The Morgan fingerprint density at radius 1 is 0.744 bits per heavy atom. The molecule has 4 aromatic rings. The molecule has 202 valence electrons. The molecule has 0 amide bonds. The summed E-state index contributed by atoms with van der Waals surface area (Å²) in [5.74, 6) is -1.49. The molecule has 39 heavy (non-hydrogen) atoms. The van der Waals surface area contributed by atoms with Crippen LogP contribution in [0.25, 0.3) is 0 Å². The number of sulfonamides is 1. The predicted octanol–water partition coefficient (Wildman–Crippen LogP) is 7.08. The van der Waals surface area contributed by atoms with Crippen molar-refractivity contribution in [3.63, 3.8) is 0 Å². The minimum atomic E-state index is -3.83. The van der Waals surface area contributed by atoms with Crippen molar-refractivity contribution in [3.8, 4) is 0 Å². The number of hydrogen-bond acceptors (Lipinski definition) is 3. The minimum absolute atomic E-state index is 0.0929. The molecule has 1 aliphatic rings. The van der Waals surface area contributed by atoms with E-state index in [1.54, 1.807) is 0 Å². The minimum Gasteiger partial charge on any atom is -0.290 e. The SMILES string of the molecule is O=S(=O)(C1CN(C(c2ccc(Cl)cc2)c2ccc(Cl)cc2)C1)N(Cc1ccccc1)Cc1cc(F)cc(F)c1. The van der Waals surface area contributed by atoms with E-state index in [0.29, 0.717) is 23.1 Å². The van der Waals surface area contributed by atoms with Crippen molar-refractivity contribution in [3.05, 3.63) is 141 Å². The van der Waals surface area contributed by atoms with Crippen LogP contribution in [-0.2, 0) is 23.1 Å². The fourth-order valence-corrected chi connectivity index (χ4v) is 7.00. The largest absolute Gasteiger partial charge is 0.290 e. The molecule has 0 atom stereocenters. The van der Waals surface area contributed by atoms with Gasteiger partial charge >= 0.3 is 0 Å². The topological polar surface area (TPSA) is 40.6 Å². The first-order chi connectivity index (χ1) is 18.7. The molecule has 1 heterocycles. The van der Waals surface area contributed by atoms with Crippen LogP contribution in [0.4, 0.5) is 8.78 Å². The van der Waals surface area contributed by atoms with Crippen LogP contribution < -0.4 is 0 Å². The number of benzene rings is 4. The average Bonchev–Trinajstić information content (AvgIpc) is 2.87. The highest BCUT2D eigenvalue weighted by Crippen LogP contribution is 2.36. The van der Waals surface area contributed by atoms with Crippen LogP contribution in [0.3, 0.4) is 0 Å². The normalized spacial score (nSPS) is 14.6. The van der Waals surface area contributed by atoms with Crippen LogP contribution in [0.2, 0.25) is 10.0 Å². The molecular weight excluding hydrogens is 561 g/mol. The Labute approximate surface area is 237 Å². The Bertz CT molecular complexity index is 1460.